The molecule has 1 amide bonds. The van der Waals surface area contributed by atoms with Gasteiger partial charge in [-0.05, 0) is 67.6 Å². The number of nitrogens with one attached hydrogen (secondary N) is 1. The van der Waals surface area contributed by atoms with E-state index in [4.69, 9.17) is 0 Å². The van der Waals surface area contributed by atoms with Crippen LogP contribution in [0.5, 0.6) is 0 Å². The third-order valence-electron chi connectivity index (χ3n) is 6.71. The molecule has 4 nitrogen and oxygen atoms in total. The van der Waals surface area contributed by atoms with Crippen molar-refractivity contribution in [2.75, 3.05) is 26.2 Å². The van der Waals surface area contributed by atoms with Gasteiger partial charge in [0.2, 0.25) is 0 Å². The Hall–Kier alpha value is -2.66. The molecule has 1 saturated heterocycles. The number of fused-ring (bicyclic) bond motifs is 3. The number of hydrogen-bond donors (Lipinski definition) is 1. The van der Waals surface area contributed by atoms with Crippen molar-refractivity contribution in [3.63, 3.8) is 0 Å². The van der Waals surface area contributed by atoms with Crippen molar-refractivity contribution in [2.24, 2.45) is 5.92 Å². The van der Waals surface area contributed by atoms with Crippen molar-refractivity contribution in [1.82, 2.24) is 14.8 Å². The summed E-state index contributed by atoms with van der Waals surface area (Å²) in [6, 6.07) is 14.5. The van der Waals surface area contributed by atoms with Crippen LogP contribution in [0.2, 0.25) is 0 Å². The van der Waals surface area contributed by atoms with Gasteiger partial charge >= 0.3 is 0 Å². The summed E-state index contributed by atoms with van der Waals surface area (Å²) in [6.45, 7) is 4.77. The lowest BCUT2D eigenvalue weighted by molar-refractivity contribution is 0.0658. The van der Waals surface area contributed by atoms with E-state index in [0.29, 0.717) is 11.5 Å². The van der Waals surface area contributed by atoms with E-state index >= 15 is 0 Å². The van der Waals surface area contributed by atoms with Gasteiger partial charge in [0.1, 0.15) is 5.82 Å². The number of carbonyl (C=O) groups excluding carboxylic acids is 1. The van der Waals surface area contributed by atoms with E-state index in [-0.39, 0.29) is 11.7 Å². The molecular weight excluding hydrogens is 377 g/mol. The third kappa shape index (κ3) is 3.86. The van der Waals surface area contributed by atoms with E-state index < -0.39 is 0 Å². The maximum Gasteiger partial charge on any atom is 0.253 e. The standard InChI is InChI=1S/C25H28FN3O/c26-20-9-7-19(8-10-20)25(30)29-13-3-4-18(16-29)11-14-28-15-12-24-22(17-28)21-5-1-2-6-23(21)27-24/h1-2,5-10,18,27H,3-4,11-17H2. The minimum Gasteiger partial charge on any atom is -0.358 e. The van der Waals surface area contributed by atoms with Crippen molar-refractivity contribution in [2.45, 2.75) is 32.2 Å². The molecule has 0 aliphatic carbocycles. The van der Waals surface area contributed by atoms with E-state index in [1.54, 1.807) is 12.1 Å². The molecule has 2 aliphatic rings. The molecule has 2 aromatic carbocycles. The summed E-state index contributed by atoms with van der Waals surface area (Å²) in [6.07, 6.45) is 4.41. The second-order valence-electron chi connectivity index (χ2n) is 8.71. The van der Waals surface area contributed by atoms with E-state index in [0.717, 1.165) is 52.0 Å². The van der Waals surface area contributed by atoms with Gasteiger partial charge in [-0.3, -0.25) is 9.69 Å². The Kier molecular flexibility index (Phi) is 5.30. The number of para-hydroxylation sites is 1. The Labute approximate surface area is 176 Å². The zero-order valence-corrected chi connectivity index (χ0v) is 17.2. The van der Waals surface area contributed by atoms with Gasteiger partial charge in [-0.2, -0.15) is 0 Å². The van der Waals surface area contributed by atoms with Crippen LogP contribution in [0.4, 0.5) is 4.39 Å². The Morgan fingerprint density at radius 1 is 1.10 bits per heavy atom. The molecule has 5 rings (SSSR count). The van der Waals surface area contributed by atoms with Gasteiger partial charge in [0.15, 0.2) is 0 Å². The first-order valence-corrected chi connectivity index (χ1v) is 11.0. The molecule has 1 N–H and O–H groups in total. The highest BCUT2D eigenvalue weighted by Gasteiger charge is 2.26. The molecule has 0 bridgehead atoms. The average Bonchev–Trinajstić information content (AvgIpc) is 3.16. The monoisotopic (exact) mass is 405 g/mol. The number of piperidine rings is 1. The van der Waals surface area contributed by atoms with E-state index in [1.807, 2.05) is 4.90 Å². The predicted octanol–water partition coefficient (Wildman–Crippen LogP) is 4.61. The van der Waals surface area contributed by atoms with Gasteiger partial charge in [-0.15, -0.1) is 0 Å². The summed E-state index contributed by atoms with van der Waals surface area (Å²) < 4.78 is 13.2. The Morgan fingerprint density at radius 2 is 1.93 bits per heavy atom. The van der Waals surface area contributed by atoms with Crippen LogP contribution < -0.4 is 0 Å². The number of rotatable bonds is 4. The lowest BCUT2D eigenvalue weighted by Crippen LogP contribution is -2.41. The normalized spacial score (nSPS) is 19.8. The number of nitrogens with zero attached hydrogens (tertiary/aromatic N) is 2. The van der Waals surface area contributed by atoms with Crippen molar-refractivity contribution in [3.05, 3.63) is 71.2 Å². The highest BCUT2D eigenvalue weighted by atomic mass is 19.1. The largest absolute Gasteiger partial charge is 0.358 e. The van der Waals surface area contributed by atoms with E-state index in [9.17, 15) is 9.18 Å². The van der Waals surface area contributed by atoms with Crippen LogP contribution in [-0.2, 0) is 13.0 Å². The molecule has 1 atom stereocenters. The summed E-state index contributed by atoms with van der Waals surface area (Å²) in [7, 11) is 0. The number of amides is 1. The van der Waals surface area contributed by atoms with Gasteiger partial charge in [-0.25, -0.2) is 4.39 Å². The van der Waals surface area contributed by atoms with Gasteiger partial charge in [0, 0.05) is 54.8 Å². The molecule has 5 heteroatoms. The van der Waals surface area contributed by atoms with Gasteiger partial charge in [0.25, 0.3) is 5.91 Å². The molecule has 2 aliphatic heterocycles. The molecule has 1 fully saturated rings. The first-order chi connectivity index (χ1) is 14.7. The molecular formula is C25H28FN3O. The Bertz CT molecular complexity index is 1040. The van der Waals surface area contributed by atoms with Crippen LogP contribution in [0.1, 0.15) is 40.9 Å². The molecule has 156 valence electrons. The second kappa shape index (κ2) is 8.23. The summed E-state index contributed by atoms with van der Waals surface area (Å²) in [5.41, 5.74) is 4.67. The van der Waals surface area contributed by atoms with Crippen LogP contribution in [0.3, 0.4) is 0 Å². The zero-order chi connectivity index (χ0) is 20.5. The van der Waals surface area contributed by atoms with Gasteiger partial charge in [-0.1, -0.05) is 18.2 Å². The maximum atomic E-state index is 13.2. The lowest BCUT2D eigenvalue weighted by Gasteiger charge is -2.35. The third-order valence-corrected chi connectivity index (χ3v) is 6.71. The molecule has 0 saturated carbocycles. The zero-order valence-electron chi connectivity index (χ0n) is 17.2. The summed E-state index contributed by atoms with van der Waals surface area (Å²) in [5.74, 6) is 0.261. The fourth-order valence-electron chi connectivity index (χ4n) is 5.04. The predicted molar refractivity (Wildman–Crippen MR) is 117 cm³/mol. The quantitative estimate of drug-likeness (QED) is 0.689. The molecule has 0 radical (unpaired) electrons. The van der Waals surface area contributed by atoms with Crippen molar-refractivity contribution < 1.29 is 9.18 Å². The number of likely N-dealkylation sites (tertiary alicyclic amines) is 1. The van der Waals surface area contributed by atoms with Gasteiger partial charge in [0.05, 0.1) is 0 Å². The lowest BCUT2D eigenvalue weighted by atomic mass is 9.93. The smallest absolute Gasteiger partial charge is 0.253 e. The first kappa shape index (κ1) is 19.3. The number of carbonyl (C=O) groups is 1. The van der Waals surface area contributed by atoms with Crippen LogP contribution in [0, 0.1) is 11.7 Å². The van der Waals surface area contributed by atoms with E-state index in [2.05, 4.69) is 34.1 Å². The first-order valence-electron chi connectivity index (χ1n) is 11.0. The average molecular weight is 406 g/mol. The Balaban J connectivity index is 1.18. The second-order valence-corrected chi connectivity index (χ2v) is 8.71. The molecule has 3 aromatic rings. The van der Waals surface area contributed by atoms with Gasteiger partial charge < -0.3 is 9.88 Å². The number of benzene rings is 2. The Morgan fingerprint density at radius 3 is 2.80 bits per heavy atom. The topological polar surface area (TPSA) is 39.3 Å². The molecule has 1 unspecified atom stereocenters. The number of aromatic amines is 1. The maximum absolute atomic E-state index is 13.2. The highest BCUT2D eigenvalue weighted by molar-refractivity contribution is 5.94. The number of H-pyrrole nitrogens is 1. The van der Waals surface area contributed by atoms with Crippen molar-refractivity contribution >= 4 is 16.8 Å². The fraction of sp³-hybridized carbons (Fsp3) is 0.400. The summed E-state index contributed by atoms with van der Waals surface area (Å²) >= 11 is 0. The van der Waals surface area contributed by atoms with Crippen LogP contribution in [0.15, 0.2) is 48.5 Å². The van der Waals surface area contributed by atoms with Crippen LogP contribution >= 0.6 is 0 Å². The number of halogens is 1. The number of aromatic nitrogens is 1. The van der Waals surface area contributed by atoms with E-state index in [1.165, 1.54) is 40.7 Å². The molecule has 1 aromatic heterocycles. The minimum absolute atomic E-state index is 0.0288. The van der Waals surface area contributed by atoms with Crippen molar-refractivity contribution in [3.8, 4) is 0 Å². The van der Waals surface area contributed by atoms with Crippen LogP contribution in [-0.4, -0.2) is 46.9 Å². The molecule has 30 heavy (non-hydrogen) atoms. The SMILES string of the molecule is O=C(c1ccc(F)cc1)N1CCCC(CCN2CCc3[nH]c4ccccc4c3C2)C1. The highest BCUT2D eigenvalue weighted by Crippen LogP contribution is 2.28. The van der Waals surface area contributed by atoms with Crippen LogP contribution in [0.25, 0.3) is 10.9 Å². The summed E-state index contributed by atoms with van der Waals surface area (Å²) in [4.78, 5) is 20.9. The summed E-state index contributed by atoms with van der Waals surface area (Å²) in [5, 5.41) is 1.35. The molecule has 0 spiro atoms. The number of hydrogen-bond acceptors (Lipinski definition) is 2. The van der Waals surface area contributed by atoms with Crippen molar-refractivity contribution in [1.29, 1.82) is 0 Å². The molecule has 3 heterocycles. The fourth-order valence-corrected chi connectivity index (χ4v) is 5.04. The minimum atomic E-state index is -0.303.